The number of rotatable bonds is 7. The number of carbonyl (C=O) groups is 1. The van der Waals surface area contributed by atoms with Crippen LogP contribution in [0.2, 0.25) is 0 Å². The van der Waals surface area contributed by atoms with Gasteiger partial charge >= 0.3 is 0 Å². The predicted octanol–water partition coefficient (Wildman–Crippen LogP) is 3.23. The second-order valence-electron chi connectivity index (χ2n) is 9.50. The van der Waals surface area contributed by atoms with Crippen LogP contribution in [0.1, 0.15) is 50.5 Å². The molecule has 0 unspecified atom stereocenters. The highest BCUT2D eigenvalue weighted by Gasteiger charge is 2.35. The summed E-state index contributed by atoms with van der Waals surface area (Å²) in [5, 5.41) is 7.10. The Hall–Kier alpha value is -1.35. The third kappa shape index (κ3) is 6.16. The van der Waals surface area contributed by atoms with Crippen LogP contribution in [0, 0.1) is 5.92 Å². The van der Waals surface area contributed by atoms with Gasteiger partial charge in [0, 0.05) is 64.2 Å². The second kappa shape index (κ2) is 12.2. The molecule has 0 bridgehead atoms. The summed E-state index contributed by atoms with van der Waals surface area (Å²) in [5.74, 6) is 1.61. The van der Waals surface area contributed by atoms with E-state index in [1.807, 2.05) is 7.05 Å². The summed E-state index contributed by atoms with van der Waals surface area (Å²) in [6, 6.07) is 11.0. The van der Waals surface area contributed by atoms with Gasteiger partial charge in [0.1, 0.15) is 0 Å². The van der Waals surface area contributed by atoms with Gasteiger partial charge in [-0.15, -0.1) is 24.0 Å². The molecule has 2 saturated carbocycles. The molecule has 3 aliphatic rings. The quantitative estimate of drug-likeness (QED) is 0.310. The number of hydrogen-bond acceptors (Lipinski definition) is 3. The molecule has 0 aromatic heterocycles. The Kier molecular flexibility index (Phi) is 9.64. The fourth-order valence-corrected chi connectivity index (χ4v) is 5.32. The van der Waals surface area contributed by atoms with E-state index in [-0.39, 0.29) is 29.4 Å². The zero-order valence-electron chi connectivity index (χ0n) is 19.5. The van der Waals surface area contributed by atoms with E-state index in [0.717, 1.165) is 64.6 Å². The molecule has 0 atom stereocenters. The van der Waals surface area contributed by atoms with Crippen molar-refractivity contribution in [3.05, 3.63) is 35.9 Å². The lowest BCUT2D eigenvalue weighted by Crippen LogP contribution is -2.53. The van der Waals surface area contributed by atoms with Crippen LogP contribution in [0.25, 0.3) is 0 Å². The van der Waals surface area contributed by atoms with Gasteiger partial charge < -0.3 is 15.5 Å². The van der Waals surface area contributed by atoms with Crippen LogP contribution in [0.4, 0.5) is 0 Å². The van der Waals surface area contributed by atoms with Crippen LogP contribution < -0.4 is 10.6 Å². The van der Waals surface area contributed by atoms with Gasteiger partial charge in [0.05, 0.1) is 0 Å². The molecule has 0 spiro atoms. The van der Waals surface area contributed by atoms with Gasteiger partial charge in [0.15, 0.2) is 5.96 Å². The molecule has 1 aliphatic heterocycles. The van der Waals surface area contributed by atoms with Crippen molar-refractivity contribution >= 4 is 35.8 Å². The van der Waals surface area contributed by atoms with Crippen LogP contribution in [-0.4, -0.2) is 74.5 Å². The molecule has 0 radical (unpaired) electrons. The Balaban J connectivity index is 0.00000289. The van der Waals surface area contributed by atoms with Gasteiger partial charge in [-0.25, -0.2) is 0 Å². The maximum absolute atomic E-state index is 12.4. The highest BCUT2D eigenvalue weighted by atomic mass is 127. The highest BCUT2D eigenvalue weighted by molar-refractivity contribution is 14.0. The average molecular weight is 554 g/mol. The molecule has 7 heteroatoms. The lowest BCUT2D eigenvalue weighted by Gasteiger charge is -2.38. The van der Waals surface area contributed by atoms with Crippen LogP contribution in [0.5, 0.6) is 0 Å². The van der Waals surface area contributed by atoms with Gasteiger partial charge in [-0.05, 0) is 31.2 Å². The molecule has 4 rings (SSSR count). The van der Waals surface area contributed by atoms with Crippen molar-refractivity contribution < 1.29 is 4.79 Å². The van der Waals surface area contributed by atoms with Crippen LogP contribution in [0.15, 0.2) is 35.3 Å². The standard InChI is InChI=1S/C25H39N5O.HI/c1-26-24(28-20-25(12-5-6-13-25)22-10-3-2-4-11-22)27-14-15-29-16-18-30(19-17-29)23(31)21-8-7-9-21;/h2-4,10-11,21H,5-9,12-20H2,1H3,(H2,26,27,28);1H. The Morgan fingerprint density at radius 1 is 1.03 bits per heavy atom. The molecule has 1 heterocycles. The minimum Gasteiger partial charge on any atom is -0.356 e. The smallest absolute Gasteiger partial charge is 0.225 e. The van der Waals surface area contributed by atoms with E-state index in [1.165, 1.54) is 37.7 Å². The largest absolute Gasteiger partial charge is 0.356 e. The number of aliphatic imine (C=N–C) groups is 1. The summed E-state index contributed by atoms with van der Waals surface area (Å²) in [6.45, 7) is 6.49. The van der Waals surface area contributed by atoms with E-state index in [9.17, 15) is 4.79 Å². The molecule has 3 fully saturated rings. The molecule has 2 N–H and O–H groups in total. The summed E-state index contributed by atoms with van der Waals surface area (Å²) in [4.78, 5) is 21.4. The summed E-state index contributed by atoms with van der Waals surface area (Å²) in [7, 11) is 1.85. The number of nitrogens with zero attached hydrogens (tertiary/aromatic N) is 3. The predicted molar refractivity (Wildman–Crippen MR) is 142 cm³/mol. The number of halogens is 1. The van der Waals surface area contributed by atoms with Gasteiger partial charge in [-0.2, -0.15) is 0 Å². The Labute approximate surface area is 210 Å². The SMILES string of the molecule is CN=C(NCCN1CCN(C(=O)C2CCC2)CC1)NCC1(c2ccccc2)CCCC1.I. The van der Waals surface area contributed by atoms with Crippen molar-refractivity contribution in [3.63, 3.8) is 0 Å². The molecule has 6 nitrogen and oxygen atoms in total. The van der Waals surface area contributed by atoms with Crippen molar-refractivity contribution in [2.45, 2.75) is 50.4 Å². The third-order valence-corrected chi connectivity index (χ3v) is 7.62. The van der Waals surface area contributed by atoms with Crippen LogP contribution in [0.3, 0.4) is 0 Å². The summed E-state index contributed by atoms with van der Waals surface area (Å²) in [6.07, 6.45) is 8.51. The number of benzene rings is 1. The van der Waals surface area contributed by atoms with E-state index >= 15 is 0 Å². The molecule has 1 saturated heterocycles. The topological polar surface area (TPSA) is 60.0 Å². The molecule has 32 heavy (non-hydrogen) atoms. The number of piperazine rings is 1. The monoisotopic (exact) mass is 553 g/mol. The minimum atomic E-state index is 0. The van der Waals surface area contributed by atoms with E-state index in [1.54, 1.807) is 0 Å². The molecule has 1 aromatic carbocycles. The van der Waals surface area contributed by atoms with Gasteiger partial charge in [0.2, 0.25) is 5.91 Å². The van der Waals surface area contributed by atoms with E-state index < -0.39 is 0 Å². The first-order valence-electron chi connectivity index (χ1n) is 12.2. The van der Waals surface area contributed by atoms with E-state index in [4.69, 9.17) is 0 Å². The number of guanidine groups is 1. The molecule has 178 valence electrons. The first kappa shape index (κ1) is 25.3. The Morgan fingerprint density at radius 2 is 1.72 bits per heavy atom. The number of hydrogen-bond donors (Lipinski definition) is 2. The molecular weight excluding hydrogens is 513 g/mol. The number of carbonyl (C=O) groups excluding carboxylic acids is 1. The molecule has 1 amide bonds. The zero-order valence-corrected chi connectivity index (χ0v) is 21.9. The highest BCUT2D eigenvalue weighted by Crippen LogP contribution is 2.40. The first-order chi connectivity index (χ1) is 15.2. The Bertz CT molecular complexity index is 738. The number of amides is 1. The molecule has 1 aromatic rings. The van der Waals surface area contributed by atoms with Crippen LogP contribution in [-0.2, 0) is 10.2 Å². The van der Waals surface area contributed by atoms with Gasteiger partial charge in [-0.3, -0.25) is 14.7 Å². The van der Waals surface area contributed by atoms with Gasteiger partial charge in [0.25, 0.3) is 0 Å². The van der Waals surface area contributed by atoms with Crippen molar-refractivity contribution in [3.8, 4) is 0 Å². The fourth-order valence-electron chi connectivity index (χ4n) is 5.32. The summed E-state index contributed by atoms with van der Waals surface area (Å²) < 4.78 is 0. The Morgan fingerprint density at radius 3 is 2.31 bits per heavy atom. The molecule has 2 aliphatic carbocycles. The molecular formula is C25H40IN5O. The third-order valence-electron chi connectivity index (χ3n) is 7.62. The van der Waals surface area contributed by atoms with E-state index in [2.05, 4.69) is 55.8 Å². The van der Waals surface area contributed by atoms with Crippen LogP contribution >= 0.6 is 24.0 Å². The van der Waals surface area contributed by atoms with Crippen molar-refractivity contribution in [2.24, 2.45) is 10.9 Å². The summed E-state index contributed by atoms with van der Waals surface area (Å²) >= 11 is 0. The van der Waals surface area contributed by atoms with Crippen molar-refractivity contribution in [1.82, 2.24) is 20.4 Å². The van der Waals surface area contributed by atoms with Crippen molar-refractivity contribution in [1.29, 1.82) is 0 Å². The van der Waals surface area contributed by atoms with Crippen molar-refractivity contribution in [2.75, 3.05) is 52.9 Å². The lowest BCUT2D eigenvalue weighted by atomic mass is 9.79. The minimum absolute atomic E-state index is 0. The maximum atomic E-state index is 12.4. The zero-order chi connectivity index (χ0) is 21.5. The average Bonchev–Trinajstić information content (AvgIpc) is 3.26. The number of nitrogens with one attached hydrogen (secondary N) is 2. The fraction of sp³-hybridized carbons (Fsp3) is 0.680. The van der Waals surface area contributed by atoms with E-state index in [0.29, 0.717) is 11.8 Å². The first-order valence-corrected chi connectivity index (χ1v) is 12.2. The normalized spacial score (nSPS) is 21.5. The van der Waals surface area contributed by atoms with Gasteiger partial charge in [-0.1, -0.05) is 49.6 Å². The second-order valence-corrected chi connectivity index (χ2v) is 9.50. The lowest BCUT2D eigenvalue weighted by molar-refractivity contribution is -0.139. The maximum Gasteiger partial charge on any atom is 0.225 e. The summed E-state index contributed by atoms with van der Waals surface area (Å²) in [5.41, 5.74) is 1.67.